The highest BCUT2D eigenvalue weighted by Crippen LogP contribution is 2.15. The second kappa shape index (κ2) is 2.21. The quantitative estimate of drug-likeness (QED) is 0.299. The second-order valence-corrected chi connectivity index (χ2v) is 1.72. The summed E-state index contributed by atoms with van der Waals surface area (Å²) in [6.07, 6.45) is 0. The summed E-state index contributed by atoms with van der Waals surface area (Å²) >= 11 is 0. The maximum atomic E-state index is 9.35. The van der Waals surface area contributed by atoms with E-state index in [2.05, 4.69) is 0 Å². The molecule has 0 bridgehead atoms. The van der Waals surface area contributed by atoms with Crippen LogP contribution in [0.3, 0.4) is 0 Å². The van der Waals surface area contributed by atoms with Crippen LogP contribution in [-0.2, 0) is 4.57 Å². The van der Waals surface area contributed by atoms with E-state index in [-0.39, 0.29) is 0 Å². The lowest BCUT2D eigenvalue weighted by atomic mass is 11.5. The molecule has 0 rings (SSSR count). The summed E-state index contributed by atoms with van der Waals surface area (Å²) in [5.41, 5.74) is 0. The summed E-state index contributed by atoms with van der Waals surface area (Å²) in [4.78, 5) is 7.64. The monoisotopic (exact) mass is 111 g/mol. The first kappa shape index (κ1) is 5.98. The van der Waals surface area contributed by atoms with E-state index in [0.29, 0.717) is 0 Å². The summed E-state index contributed by atoms with van der Waals surface area (Å²) in [5, 5.41) is 15.3. The summed E-state index contributed by atoms with van der Waals surface area (Å²) in [7, 11) is -2.80. The maximum absolute atomic E-state index is 9.35. The molecule has 0 aromatic rings. The Morgan fingerprint density at radius 1 is 1.50 bits per heavy atom. The van der Waals surface area contributed by atoms with Crippen molar-refractivity contribution in [1.29, 1.82) is 0 Å². The molecule has 0 aliphatic rings. The Hall–Kier alpha value is -0.0200. The highest BCUT2D eigenvalue weighted by Gasteiger charge is 2.20. The molecule has 1 unspecified atom stereocenters. The van der Waals surface area contributed by atoms with E-state index in [1.165, 1.54) is 0 Å². The van der Waals surface area contributed by atoms with Gasteiger partial charge in [0.05, 0.1) is 0 Å². The fraction of sp³-hybridized carbons (Fsp3) is 1.00. The molecule has 0 spiro atoms. The molecule has 5 heteroatoms. The minimum absolute atomic E-state index is 2.08. The average molecular weight is 111 g/mol. The van der Waals surface area contributed by atoms with Crippen molar-refractivity contribution in [2.24, 2.45) is 0 Å². The zero-order valence-electron chi connectivity index (χ0n) is 2.77. The third kappa shape index (κ3) is 2.23. The topological polar surface area (TPSA) is 77.8 Å². The van der Waals surface area contributed by atoms with E-state index >= 15 is 0 Å². The molecule has 4 nitrogen and oxygen atoms in total. The van der Waals surface area contributed by atoms with Crippen molar-refractivity contribution < 1.29 is 19.7 Å². The molecule has 0 amide bonds. The SMILES string of the molecule is O=[P+](O)C(O)O. The van der Waals surface area contributed by atoms with E-state index in [0.717, 1.165) is 0 Å². The van der Waals surface area contributed by atoms with Crippen LogP contribution in [0.4, 0.5) is 0 Å². The molecule has 36 valence electrons. The van der Waals surface area contributed by atoms with Gasteiger partial charge in [0.25, 0.3) is 0 Å². The molecule has 0 heterocycles. The van der Waals surface area contributed by atoms with Crippen LogP contribution in [0, 0.1) is 0 Å². The molecule has 0 aliphatic heterocycles. The van der Waals surface area contributed by atoms with E-state index in [4.69, 9.17) is 15.1 Å². The normalized spacial score (nSPS) is 12.3. The molecular weight excluding hydrogens is 107 g/mol. The Bertz CT molecular complexity index is 58.6. The first-order chi connectivity index (χ1) is 2.64. The minimum Gasteiger partial charge on any atom is -0.326 e. The molecular formula is CH4O4P+. The molecule has 0 saturated heterocycles. The Balaban J connectivity index is 3.26. The van der Waals surface area contributed by atoms with Gasteiger partial charge in [0.2, 0.25) is 0 Å². The van der Waals surface area contributed by atoms with Crippen LogP contribution < -0.4 is 0 Å². The molecule has 0 saturated carbocycles. The lowest BCUT2D eigenvalue weighted by Crippen LogP contribution is -1.94. The van der Waals surface area contributed by atoms with E-state index in [1.807, 2.05) is 0 Å². The molecule has 1 atom stereocenters. The Morgan fingerprint density at radius 2 is 1.67 bits per heavy atom. The fourth-order valence-electron chi connectivity index (χ4n) is 0. The van der Waals surface area contributed by atoms with E-state index in [9.17, 15) is 4.57 Å². The van der Waals surface area contributed by atoms with Gasteiger partial charge in [0.1, 0.15) is 0 Å². The van der Waals surface area contributed by atoms with Crippen molar-refractivity contribution in [3.8, 4) is 0 Å². The van der Waals surface area contributed by atoms with Crippen LogP contribution in [0.25, 0.3) is 0 Å². The van der Waals surface area contributed by atoms with Gasteiger partial charge in [-0.3, -0.25) is 0 Å². The summed E-state index contributed by atoms with van der Waals surface area (Å²) in [5.74, 6) is 0. The molecule has 0 fully saturated rings. The predicted molar refractivity (Wildman–Crippen MR) is 18.1 cm³/mol. The zero-order valence-corrected chi connectivity index (χ0v) is 3.67. The van der Waals surface area contributed by atoms with E-state index < -0.39 is 14.1 Å². The van der Waals surface area contributed by atoms with Gasteiger partial charge >= 0.3 is 14.1 Å². The lowest BCUT2D eigenvalue weighted by molar-refractivity contribution is 0.0251. The Morgan fingerprint density at radius 3 is 1.67 bits per heavy atom. The molecule has 0 radical (unpaired) electrons. The molecule has 3 N–H and O–H groups in total. The Labute approximate surface area is 34.9 Å². The first-order valence-corrected chi connectivity index (χ1v) is 2.44. The molecule has 6 heavy (non-hydrogen) atoms. The van der Waals surface area contributed by atoms with Crippen LogP contribution in [0.2, 0.25) is 0 Å². The van der Waals surface area contributed by atoms with Gasteiger partial charge in [-0.15, -0.1) is 0 Å². The largest absolute Gasteiger partial charge is 0.569 e. The summed E-state index contributed by atoms with van der Waals surface area (Å²) in [6, 6.07) is -2.08. The van der Waals surface area contributed by atoms with Crippen LogP contribution >= 0.6 is 8.03 Å². The number of aliphatic hydroxyl groups is 2. The van der Waals surface area contributed by atoms with Crippen molar-refractivity contribution >= 4 is 8.03 Å². The van der Waals surface area contributed by atoms with Gasteiger partial charge in [-0.2, -0.15) is 4.89 Å². The van der Waals surface area contributed by atoms with Gasteiger partial charge in [-0.1, -0.05) is 0 Å². The highest BCUT2D eigenvalue weighted by atomic mass is 31.1. The van der Waals surface area contributed by atoms with Gasteiger partial charge in [-0.25, -0.2) is 0 Å². The third-order valence-electron chi connectivity index (χ3n) is 0.198. The van der Waals surface area contributed by atoms with Crippen molar-refractivity contribution in [2.45, 2.75) is 6.03 Å². The number of hydrogen-bond acceptors (Lipinski definition) is 3. The summed E-state index contributed by atoms with van der Waals surface area (Å²) < 4.78 is 9.35. The second-order valence-electron chi connectivity index (χ2n) is 0.649. The first-order valence-electron chi connectivity index (χ1n) is 1.16. The van der Waals surface area contributed by atoms with Crippen molar-refractivity contribution in [3.63, 3.8) is 0 Å². The third-order valence-corrected chi connectivity index (χ3v) is 0.593. The lowest BCUT2D eigenvalue weighted by Gasteiger charge is -1.74. The smallest absolute Gasteiger partial charge is 0.326 e. The standard InChI is InChI=1S/CH3O4P/c2-1(3)6(4)5/h1-3H/p+1. The van der Waals surface area contributed by atoms with Gasteiger partial charge in [-0.05, 0) is 4.57 Å². The fourth-order valence-corrected chi connectivity index (χ4v) is 0. The average Bonchev–Trinajstić information content (AvgIpc) is 1.36. The van der Waals surface area contributed by atoms with Gasteiger partial charge in [0.15, 0.2) is 0 Å². The van der Waals surface area contributed by atoms with Crippen LogP contribution in [0.15, 0.2) is 0 Å². The van der Waals surface area contributed by atoms with Crippen molar-refractivity contribution in [2.75, 3.05) is 0 Å². The van der Waals surface area contributed by atoms with Crippen LogP contribution in [-0.4, -0.2) is 21.1 Å². The van der Waals surface area contributed by atoms with Gasteiger partial charge in [0, 0.05) is 0 Å². The number of hydrogen-bond donors (Lipinski definition) is 3. The van der Waals surface area contributed by atoms with Crippen molar-refractivity contribution in [1.82, 2.24) is 0 Å². The van der Waals surface area contributed by atoms with Crippen molar-refractivity contribution in [3.05, 3.63) is 0 Å². The predicted octanol–water partition coefficient (Wildman–Crippen LogP) is -1.01. The maximum Gasteiger partial charge on any atom is 0.569 e. The molecule has 0 aliphatic carbocycles. The van der Waals surface area contributed by atoms with Crippen LogP contribution in [0.1, 0.15) is 0 Å². The molecule has 0 aromatic carbocycles. The zero-order chi connectivity index (χ0) is 5.15. The van der Waals surface area contributed by atoms with E-state index in [1.54, 1.807) is 0 Å². The summed E-state index contributed by atoms with van der Waals surface area (Å²) in [6.45, 7) is 0. The van der Waals surface area contributed by atoms with Gasteiger partial charge < -0.3 is 10.2 Å². The number of aliphatic hydroxyl groups excluding tert-OH is 1. The molecule has 0 aromatic heterocycles. The minimum atomic E-state index is -2.80. The number of rotatable bonds is 1. The van der Waals surface area contributed by atoms with Crippen LogP contribution in [0.5, 0.6) is 0 Å². The Kier molecular flexibility index (Phi) is 2.20. The highest BCUT2D eigenvalue weighted by molar-refractivity contribution is 7.38.